The quantitative estimate of drug-likeness (QED) is 0.410. The largest absolute Gasteiger partial charge is 0.396 e. The van der Waals surface area contributed by atoms with Gasteiger partial charge in [-0.15, -0.1) is 0 Å². The molecule has 0 saturated carbocycles. The molecule has 4 N–H and O–H groups in total. The average Bonchev–Trinajstić information content (AvgIpc) is 2.52. The number of rotatable bonds is 12. The molecule has 1 rings (SSSR count). The minimum atomic E-state index is -0.961. The van der Waals surface area contributed by atoms with Crippen LogP contribution in [0.2, 0.25) is 0 Å². The van der Waals surface area contributed by atoms with E-state index in [-0.39, 0.29) is 12.5 Å². The summed E-state index contributed by atoms with van der Waals surface area (Å²) in [5.41, 5.74) is 7.69. The Kier molecular flexibility index (Phi) is 10.0. The molecule has 0 aliphatic rings. The van der Waals surface area contributed by atoms with Crippen LogP contribution in [0.15, 0.2) is 18.3 Å². The van der Waals surface area contributed by atoms with Crippen LogP contribution in [0.3, 0.4) is 0 Å². The number of pyridine rings is 1. The van der Waals surface area contributed by atoms with Gasteiger partial charge < -0.3 is 15.9 Å². The number of hydrogen-bond donors (Lipinski definition) is 3. The van der Waals surface area contributed by atoms with E-state index in [2.05, 4.69) is 18.0 Å². The van der Waals surface area contributed by atoms with Crippen molar-refractivity contribution in [2.24, 2.45) is 11.7 Å². The van der Waals surface area contributed by atoms with Gasteiger partial charge >= 0.3 is 0 Å². The van der Waals surface area contributed by atoms with Crippen molar-refractivity contribution >= 4 is 0 Å². The Morgan fingerprint density at radius 1 is 1.09 bits per heavy atom. The Labute approximate surface area is 134 Å². The first-order valence-electron chi connectivity index (χ1n) is 8.65. The van der Waals surface area contributed by atoms with Crippen LogP contribution in [0.5, 0.6) is 0 Å². The molecule has 0 aromatic carbocycles. The number of nitrogens with two attached hydrogens (primary N) is 1. The lowest BCUT2D eigenvalue weighted by Crippen LogP contribution is -2.32. The molecule has 126 valence electrons. The maximum atomic E-state index is 9.31. The van der Waals surface area contributed by atoms with Gasteiger partial charge in [-0.3, -0.25) is 4.98 Å². The van der Waals surface area contributed by atoms with E-state index in [0.29, 0.717) is 6.42 Å². The van der Waals surface area contributed by atoms with Crippen LogP contribution in [-0.4, -0.2) is 28.0 Å². The third-order valence-electron chi connectivity index (χ3n) is 4.19. The first-order valence-corrected chi connectivity index (χ1v) is 8.65. The molecular formula is C18H32N2O2. The summed E-state index contributed by atoms with van der Waals surface area (Å²) < 4.78 is 0. The molecule has 4 heteroatoms. The number of unbranched alkanes of at least 4 members (excludes halogenated alkanes) is 5. The lowest BCUT2D eigenvalue weighted by molar-refractivity contribution is 0.0673. The fourth-order valence-corrected chi connectivity index (χ4v) is 2.56. The lowest BCUT2D eigenvalue weighted by atomic mass is 10.0. The van der Waals surface area contributed by atoms with Gasteiger partial charge in [0, 0.05) is 24.4 Å². The summed E-state index contributed by atoms with van der Waals surface area (Å²) in [5, 5.41) is 18.4. The van der Waals surface area contributed by atoms with Crippen LogP contribution in [0.1, 0.15) is 63.1 Å². The second-order valence-electron chi connectivity index (χ2n) is 6.15. The third kappa shape index (κ3) is 7.87. The van der Waals surface area contributed by atoms with Crippen LogP contribution in [-0.2, 0) is 12.8 Å². The number of aliphatic hydroxyl groups excluding tert-OH is 2. The fourth-order valence-electron chi connectivity index (χ4n) is 2.56. The van der Waals surface area contributed by atoms with Crippen molar-refractivity contribution in [3.8, 4) is 0 Å². The molecule has 1 aromatic heterocycles. The standard InChI is InChI=1S/C18H32N2O2/c1-2-3-4-5-6-7-8-15-9-11-17(20-13-15)12-10-16(14-21)18(19)22/h9,11,13,16,18,21-22H,2-8,10,12,14,19H2,1H3. The van der Waals surface area contributed by atoms with Crippen molar-refractivity contribution in [1.29, 1.82) is 0 Å². The highest BCUT2D eigenvalue weighted by atomic mass is 16.3. The zero-order chi connectivity index (χ0) is 16.2. The van der Waals surface area contributed by atoms with E-state index in [9.17, 15) is 5.11 Å². The van der Waals surface area contributed by atoms with Crippen molar-refractivity contribution in [2.75, 3.05) is 6.61 Å². The molecule has 1 aromatic rings. The Balaban J connectivity index is 2.25. The number of hydrogen-bond acceptors (Lipinski definition) is 4. The number of aromatic nitrogens is 1. The van der Waals surface area contributed by atoms with E-state index in [1.165, 1.54) is 44.1 Å². The number of nitrogens with zero attached hydrogens (tertiary/aromatic N) is 1. The summed E-state index contributed by atoms with van der Waals surface area (Å²) in [6.07, 6.45) is 11.3. The van der Waals surface area contributed by atoms with Gasteiger partial charge in [0.25, 0.3) is 0 Å². The highest BCUT2D eigenvalue weighted by Crippen LogP contribution is 2.12. The van der Waals surface area contributed by atoms with Crippen molar-refractivity contribution in [3.63, 3.8) is 0 Å². The van der Waals surface area contributed by atoms with Crippen LogP contribution in [0.4, 0.5) is 0 Å². The molecule has 0 aliphatic heterocycles. The second-order valence-corrected chi connectivity index (χ2v) is 6.15. The molecule has 0 saturated heterocycles. The minimum Gasteiger partial charge on any atom is -0.396 e. The topological polar surface area (TPSA) is 79.4 Å². The predicted octanol–water partition coefficient (Wildman–Crippen LogP) is 2.80. The highest BCUT2D eigenvalue weighted by molar-refractivity contribution is 5.14. The predicted molar refractivity (Wildman–Crippen MR) is 90.4 cm³/mol. The van der Waals surface area contributed by atoms with Gasteiger partial charge in [-0.25, -0.2) is 0 Å². The monoisotopic (exact) mass is 308 g/mol. The molecule has 1 heterocycles. The lowest BCUT2D eigenvalue weighted by Gasteiger charge is -2.16. The fraction of sp³-hybridized carbons (Fsp3) is 0.722. The summed E-state index contributed by atoms with van der Waals surface area (Å²) in [4.78, 5) is 4.47. The van der Waals surface area contributed by atoms with E-state index in [1.54, 1.807) is 0 Å². The zero-order valence-corrected chi connectivity index (χ0v) is 13.9. The van der Waals surface area contributed by atoms with Crippen LogP contribution < -0.4 is 5.73 Å². The molecule has 0 aliphatic carbocycles. The SMILES string of the molecule is CCCCCCCCc1ccc(CCC(CO)C(N)O)nc1. The van der Waals surface area contributed by atoms with Gasteiger partial charge in [-0.2, -0.15) is 0 Å². The van der Waals surface area contributed by atoms with Crippen LogP contribution in [0, 0.1) is 5.92 Å². The Morgan fingerprint density at radius 2 is 1.82 bits per heavy atom. The molecule has 22 heavy (non-hydrogen) atoms. The summed E-state index contributed by atoms with van der Waals surface area (Å²) in [5.74, 6) is -0.274. The van der Waals surface area contributed by atoms with Crippen LogP contribution in [0.25, 0.3) is 0 Å². The average molecular weight is 308 g/mol. The van der Waals surface area contributed by atoms with E-state index >= 15 is 0 Å². The first-order chi connectivity index (χ1) is 10.7. The molecule has 2 unspecified atom stereocenters. The normalized spacial score (nSPS) is 14.0. The molecule has 2 atom stereocenters. The molecule has 0 amide bonds. The smallest absolute Gasteiger partial charge is 0.107 e. The second kappa shape index (κ2) is 11.6. The van der Waals surface area contributed by atoms with Gasteiger partial charge in [-0.05, 0) is 37.3 Å². The van der Waals surface area contributed by atoms with Crippen molar-refractivity contribution in [3.05, 3.63) is 29.6 Å². The minimum absolute atomic E-state index is 0.0895. The summed E-state index contributed by atoms with van der Waals surface area (Å²) in [7, 11) is 0. The van der Waals surface area contributed by atoms with Crippen molar-refractivity contribution in [2.45, 2.75) is 70.9 Å². The van der Waals surface area contributed by atoms with Crippen molar-refractivity contribution < 1.29 is 10.2 Å². The van der Waals surface area contributed by atoms with E-state index in [4.69, 9.17) is 10.8 Å². The maximum Gasteiger partial charge on any atom is 0.107 e. The zero-order valence-electron chi connectivity index (χ0n) is 13.9. The van der Waals surface area contributed by atoms with Crippen molar-refractivity contribution in [1.82, 2.24) is 4.98 Å². The molecule has 0 spiro atoms. The van der Waals surface area contributed by atoms with Gasteiger partial charge in [0.1, 0.15) is 6.23 Å². The van der Waals surface area contributed by atoms with Gasteiger partial charge in [0.05, 0.1) is 0 Å². The molecule has 0 radical (unpaired) electrons. The Bertz CT molecular complexity index is 379. The van der Waals surface area contributed by atoms with Gasteiger partial charge in [-0.1, -0.05) is 45.1 Å². The molecule has 0 fully saturated rings. The van der Waals surface area contributed by atoms with E-state index in [0.717, 1.165) is 18.5 Å². The summed E-state index contributed by atoms with van der Waals surface area (Å²) in [6, 6.07) is 4.19. The summed E-state index contributed by atoms with van der Waals surface area (Å²) in [6.45, 7) is 2.15. The Morgan fingerprint density at radius 3 is 2.41 bits per heavy atom. The Hall–Kier alpha value is -0.970. The number of aliphatic hydroxyl groups is 2. The molecule has 4 nitrogen and oxygen atoms in total. The van der Waals surface area contributed by atoms with E-state index < -0.39 is 6.23 Å². The van der Waals surface area contributed by atoms with Gasteiger partial charge in [0.2, 0.25) is 0 Å². The highest BCUT2D eigenvalue weighted by Gasteiger charge is 2.14. The van der Waals surface area contributed by atoms with Gasteiger partial charge in [0.15, 0.2) is 0 Å². The van der Waals surface area contributed by atoms with E-state index in [1.807, 2.05) is 12.3 Å². The summed E-state index contributed by atoms with van der Waals surface area (Å²) >= 11 is 0. The molecular weight excluding hydrogens is 276 g/mol. The third-order valence-corrected chi connectivity index (χ3v) is 4.19. The maximum absolute atomic E-state index is 9.31. The van der Waals surface area contributed by atoms with Crippen LogP contribution >= 0.6 is 0 Å². The number of aryl methyl sites for hydroxylation is 2. The molecule has 0 bridgehead atoms. The first kappa shape index (κ1) is 19.1.